The lowest BCUT2D eigenvalue weighted by molar-refractivity contribution is -0.119. The number of benzene rings is 3. The van der Waals surface area contributed by atoms with E-state index in [4.69, 9.17) is 4.74 Å². The first-order valence-corrected chi connectivity index (χ1v) is 10.2. The van der Waals surface area contributed by atoms with Crippen LogP contribution in [0.2, 0.25) is 0 Å². The molecule has 0 aromatic heterocycles. The number of anilines is 2. The minimum absolute atomic E-state index is 0.0701. The van der Waals surface area contributed by atoms with E-state index in [0.29, 0.717) is 6.42 Å². The second-order valence-corrected chi connectivity index (χ2v) is 7.56. The number of ether oxygens (including phenoxy) is 1. The lowest BCUT2D eigenvalue weighted by Gasteiger charge is -2.35. The second-order valence-electron chi connectivity index (χ2n) is 7.56. The van der Waals surface area contributed by atoms with Crippen molar-refractivity contribution in [3.63, 3.8) is 0 Å². The molecule has 4 rings (SSSR count). The minimum atomic E-state index is -1.10. The van der Waals surface area contributed by atoms with Crippen LogP contribution in [0.25, 0.3) is 10.8 Å². The molecule has 7 heteroatoms. The van der Waals surface area contributed by atoms with Crippen molar-refractivity contribution < 1.29 is 23.1 Å². The summed E-state index contributed by atoms with van der Waals surface area (Å²) in [5.74, 6) is -2.82. The molecule has 1 aliphatic rings. The predicted octanol–water partition coefficient (Wildman–Crippen LogP) is 5.04. The summed E-state index contributed by atoms with van der Waals surface area (Å²) in [4.78, 5) is 26.6. The Labute approximate surface area is 178 Å². The summed E-state index contributed by atoms with van der Waals surface area (Å²) in [7, 11) is 0. The summed E-state index contributed by atoms with van der Waals surface area (Å²) in [5.41, 5.74) is 0.936. The third-order valence-electron chi connectivity index (χ3n) is 5.33. The van der Waals surface area contributed by atoms with Gasteiger partial charge in [0.1, 0.15) is 6.61 Å². The van der Waals surface area contributed by atoms with E-state index < -0.39 is 11.6 Å². The number of hydrogen-bond donors (Lipinski definition) is 1. The molecule has 3 aromatic rings. The van der Waals surface area contributed by atoms with Crippen molar-refractivity contribution in [2.45, 2.75) is 32.2 Å². The Bertz CT molecular complexity index is 1140. The highest BCUT2D eigenvalue weighted by Crippen LogP contribution is 2.37. The molecule has 1 heterocycles. The van der Waals surface area contributed by atoms with Gasteiger partial charge in [0.05, 0.1) is 11.7 Å². The Morgan fingerprint density at radius 2 is 1.84 bits per heavy atom. The fraction of sp³-hybridized carbons (Fsp3) is 0.250. The Morgan fingerprint density at radius 3 is 2.68 bits per heavy atom. The standard InChI is InChI=1S/C24H22F2N2O3/c1-15-14-31-24-20(13-12-18(25)23(24)26)28(15)22(30)11-5-10-21(29)27-19-9-4-7-16-6-2-3-8-17(16)19/h2-4,6-9,12-13,15H,5,10-11,14H2,1H3,(H,27,29)/t15-/m1/s1. The van der Waals surface area contributed by atoms with Crippen molar-refractivity contribution in [3.8, 4) is 5.75 Å². The zero-order valence-electron chi connectivity index (χ0n) is 17.0. The molecule has 0 unspecified atom stereocenters. The quantitative estimate of drug-likeness (QED) is 0.624. The summed E-state index contributed by atoms with van der Waals surface area (Å²) in [6.07, 6.45) is 0.600. The van der Waals surface area contributed by atoms with Crippen LogP contribution in [0.1, 0.15) is 26.2 Å². The van der Waals surface area contributed by atoms with Gasteiger partial charge in [-0.3, -0.25) is 9.59 Å². The summed E-state index contributed by atoms with van der Waals surface area (Å²) >= 11 is 0. The lowest BCUT2D eigenvalue weighted by Crippen LogP contribution is -2.45. The smallest absolute Gasteiger partial charge is 0.227 e. The van der Waals surface area contributed by atoms with Crippen LogP contribution in [0.15, 0.2) is 54.6 Å². The molecule has 2 amide bonds. The first-order valence-electron chi connectivity index (χ1n) is 10.2. The van der Waals surface area contributed by atoms with Crippen LogP contribution in [0.5, 0.6) is 5.75 Å². The van der Waals surface area contributed by atoms with Crippen LogP contribution >= 0.6 is 0 Å². The number of amides is 2. The lowest BCUT2D eigenvalue weighted by atomic mass is 10.1. The van der Waals surface area contributed by atoms with E-state index in [-0.39, 0.29) is 48.7 Å². The minimum Gasteiger partial charge on any atom is -0.486 e. The molecular formula is C24H22F2N2O3. The van der Waals surface area contributed by atoms with Crippen molar-refractivity contribution in [3.05, 3.63) is 66.2 Å². The van der Waals surface area contributed by atoms with Gasteiger partial charge < -0.3 is 15.0 Å². The van der Waals surface area contributed by atoms with Crippen molar-refractivity contribution in [2.24, 2.45) is 0 Å². The monoisotopic (exact) mass is 424 g/mol. The van der Waals surface area contributed by atoms with E-state index in [2.05, 4.69) is 5.32 Å². The van der Waals surface area contributed by atoms with Gasteiger partial charge in [-0.2, -0.15) is 4.39 Å². The van der Waals surface area contributed by atoms with Gasteiger partial charge >= 0.3 is 0 Å². The number of carbonyl (C=O) groups is 2. The van der Waals surface area contributed by atoms with E-state index in [1.165, 1.54) is 11.0 Å². The Morgan fingerprint density at radius 1 is 1.06 bits per heavy atom. The van der Waals surface area contributed by atoms with Crippen molar-refractivity contribution in [1.82, 2.24) is 0 Å². The van der Waals surface area contributed by atoms with Gasteiger partial charge in [0.15, 0.2) is 11.6 Å². The van der Waals surface area contributed by atoms with Gasteiger partial charge in [-0.15, -0.1) is 0 Å². The summed E-state index contributed by atoms with van der Waals surface area (Å²) in [5, 5.41) is 4.87. The summed E-state index contributed by atoms with van der Waals surface area (Å²) < 4.78 is 32.8. The highest BCUT2D eigenvalue weighted by Gasteiger charge is 2.32. The molecule has 0 bridgehead atoms. The van der Waals surface area contributed by atoms with Crippen LogP contribution in [0.3, 0.4) is 0 Å². The average molecular weight is 424 g/mol. The van der Waals surface area contributed by atoms with Gasteiger partial charge in [-0.1, -0.05) is 36.4 Å². The highest BCUT2D eigenvalue weighted by atomic mass is 19.2. The van der Waals surface area contributed by atoms with E-state index in [9.17, 15) is 18.4 Å². The number of nitrogens with zero attached hydrogens (tertiary/aromatic N) is 1. The molecule has 5 nitrogen and oxygen atoms in total. The van der Waals surface area contributed by atoms with Gasteiger partial charge in [-0.05, 0) is 36.9 Å². The number of fused-ring (bicyclic) bond motifs is 2. The molecule has 0 saturated carbocycles. The number of carbonyl (C=O) groups excluding carboxylic acids is 2. The first kappa shape index (κ1) is 20.8. The summed E-state index contributed by atoms with van der Waals surface area (Å²) in [6, 6.07) is 15.4. The van der Waals surface area contributed by atoms with E-state index in [1.54, 1.807) is 6.92 Å². The summed E-state index contributed by atoms with van der Waals surface area (Å²) in [6.45, 7) is 1.84. The average Bonchev–Trinajstić information content (AvgIpc) is 2.76. The van der Waals surface area contributed by atoms with Gasteiger partial charge in [0.25, 0.3) is 0 Å². The van der Waals surface area contributed by atoms with Crippen LogP contribution in [0.4, 0.5) is 20.2 Å². The van der Waals surface area contributed by atoms with Crippen molar-refractivity contribution in [1.29, 1.82) is 0 Å². The fourth-order valence-electron chi connectivity index (χ4n) is 3.81. The number of nitrogens with one attached hydrogen (secondary N) is 1. The van der Waals surface area contributed by atoms with Crippen LogP contribution in [-0.4, -0.2) is 24.5 Å². The zero-order valence-corrected chi connectivity index (χ0v) is 17.0. The molecule has 0 fully saturated rings. The van der Waals surface area contributed by atoms with Crippen molar-refractivity contribution >= 4 is 34.0 Å². The molecule has 3 aromatic carbocycles. The molecule has 0 radical (unpaired) electrons. The van der Waals surface area contributed by atoms with E-state index in [0.717, 1.165) is 22.5 Å². The normalized spacial score (nSPS) is 15.3. The second kappa shape index (κ2) is 8.71. The van der Waals surface area contributed by atoms with E-state index in [1.807, 2.05) is 42.5 Å². The van der Waals surface area contributed by atoms with Gasteiger partial charge in [0, 0.05) is 23.9 Å². The number of halogens is 2. The van der Waals surface area contributed by atoms with Crippen molar-refractivity contribution in [2.75, 3.05) is 16.8 Å². The number of rotatable bonds is 5. The van der Waals surface area contributed by atoms with Crippen LogP contribution in [0, 0.1) is 11.6 Å². The molecular weight excluding hydrogens is 402 g/mol. The Kier molecular flexibility index (Phi) is 5.84. The zero-order chi connectivity index (χ0) is 22.0. The topological polar surface area (TPSA) is 58.6 Å². The largest absolute Gasteiger partial charge is 0.486 e. The third-order valence-corrected chi connectivity index (χ3v) is 5.33. The SMILES string of the molecule is C[C@@H]1COc2c(ccc(F)c2F)N1C(=O)CCCC(=O)Nc1cccc2ccccc12. The van der Waals surface area contributed by atoms with Gasteiger partial charge in [-0.25, -0.2) is 4.39 Å². The molecule has 31 heavy (non-hydrogen) atoms. The maximum atomic E-state index is 14.0. The van der Waals surface area contributed by atoms with Gasteiger partial charge in [0.2, 0.25) is 17.6 Å². The molecule has 1 aliphatic heterocycles. The third kappa shape index (κ3) is 4.21. The number of hydrogen-bond acceptors (Lipinski definition) is 3. The van der Waals surface area contributed by atoms with Crippen LogP contribution in [-0.2, 0) is 9.59 Å². The maximum Gasteiger partial charge on any atom is 0.227 e. The molecule has 1 N–H and O–H groups in total. The molecule has 0 saturated heterocycles. The Balaban J connectivity index is 1.38. The maximum absolute atomic E-state index is 14.0. The molecule has 1 atom stereocenters. The van der Waals surface area contributed by atoms with E-state index >= 15 is 0 Å². The highest BCUT2D eigenvalue weighted by molar-refractivity contribution is 6.02. The Hall–Kier alpha value is -3.48. The fourth-order valence-corrected chi connectivity index (χ4v) is 3.81. The van der Waals surface area contributed by atoms with Crippen LogP contribution < -0.4 is 15.0 Å². The first-order chi connectivity index (χ1) is 15.0. The molecule has 160 valence electrons. The molecule has 0 aliphatic carbocycles. The predicted molar refractivity (Wildman–Crippen MR) is 115 cm³/mol. The molecule has 0 spiro atoms.